The lowest BCUT2D eigenvalue weighted by atomic mass is 10.1. The van der Waals surface area contributed by atoms with E-state index in [0.29, 0.717) is 11.1 Å². The van der Waals surface area contributed by atoms with Crippen molar-refractivity contribution >= 4 is 40.6 Å². The van der Waals surface area contributed by atoms with Gasteiger partial charge in [0.25, 0.3) is 16.8 Å². The molecule has 0 bridgehead atoms. The van der Waals surface area contributed by atoms with Gasteiger partial charge in [-0.15, -0.1) is 0 Å². The van der Waals surface area contributed by atoms with Crippen LogP contribution in [0.15, 0.2) is 47.4 Å². The number of non-ortho nitro benzene ring substituents is 1. The summed E-state index contributed by atoms with van der Waals surface area (Å²) in [5, 5.41) is 19.4. The molecular weight excluding hydrogens is 440 g/mol. The SMILES string of the molecule is COc1cc(/C=C2\SC(=O)N(Cc3cccc([N+](=O)[O-])c3)C2=O)ccc1O[C@H](C)C(=O)O. The van der Waals surface area contributed by atoms with Gasteiger partial charge >= 0.3 is 5.97 Å². The fourth-order valence-electron chi connectivity index (χ4n) is 2.85. The Morgan fingerprint density at radius 2 is 2.00 bits per heavy atom. The van der Waals surface area contributed by atoms with Gasteiger partial charge in [-0.3, -0.25) is 24.6 Å². The fraction of sp³-hybridized carbons (Fsp3) is 0.190. The zero-order valence-electron chi connectivity index (χ0n) is 17.0. The average molecular weight is 458 g/mol. The summed E-state index contributed by atoms with van der Waals surface area (Å²) in [6.45, 7) is 1.29. The molecule has 1 fully saturated rings. The normalized spacial score (nSPS) is 15.7. The number of thioether (sulfide) groups is 1. The first-order chi connectivity index (χ1) is 15.2. The van der Waals surface area contributed by atoms with Crippen LogP contribution in [-0.4, -0.2) is 45.3 Å². The summed E-state index contributed by atoms with van der Waals surface area (Å²) in [6, 6.07) is 10.4. The number of imide groups is 1. The Kier molecular flexibility index (Phi) is 6.79. The van der Waals surface area contributed by atoms with Crippen molar-refractivity contribution < 1.29 is 33.9 Å². The van der Waals surface area contributed by atoms with Gasteiger partial charge in [0.1, 0.15) is 0 Å². The third-order valence-corrected chi connectivity index (χ3v) is 5.38. The van der Waals surface area contributed by atoms with E-state index in [2.05, 4.69) is 0 Å². The Labute approximate surface area is 186 Å². The second-order valence-electron chi connectivity index (χ2n) is 6.70. The van der Waals surface area contributed by atoms with E-state index in [1.807, 2.05) is 0 Å². The maximum Gasteiger partial charge on any atom is 0.344 e. The zero-order chi connectivity index (χ0) is 23.4. The summed E-state index contributed by atoms with van der Waals surface area (Å²) in [5.74, 6) is -1.17. The van der Waals surface area contributed by atoms with Crippen LogP contribution in [0.3, 0.4) is 0 Å². The summed E-state index contributed by atoms with van der Waals surface area (Å²) >= 11 is 0.753. The van der Waals surface area contributed by atoms with Crippen molar-refractivity contribution in [3.05, 3.63) is 68.6 Å². The van der Waals surface area contributed by atoms with Crippen LogP contribution in [0, 0.1) is 10.1 Å². The number of rotatable bonds is 8. The predicted octanol–water partition coefficient (Wildman–Crippen LogP) is 3.69. The molecule has 0 radical (unpaired) electrons. The molecule has 0 aliphatic carbocycles. The van der Waals surface area contributed by atoms with Gasteiger partial charge in [-0.1, -0.05) is 18.2 Å². The minimum atomic E-state index is -1.13. The van der Waals surface area contributed by atoms with Crippen molar-refractivity contribution in [2.75, 3.05) is 7.11 Å². The van der Waals surface area contributed by atoms with Gasteiger partial charge in [-0.05, 0) is 48.0 Å². The molecule has 1 atom stereocenters. The second-order valence-corrected chi connectivity index (χ2v) is 7.70. The number of hydrogen-bond donors (Lipinski definition) is 1. The van der Waals surface area contributed by atoms with Gasteiger partial charge in [0.2, 0.25) is 0 Å². The first-order valence-electron chi connectivity index (χ1n) is 9.25. The highest BCUT2D eigenvalue weighted by Crippen LogP contribution is 2.35. The number of carbonyl (C=O) groups excluding carboxylic acids is 2. The summed E-state index contributed by atoms with van der Waals surface area (Å²) < 4.78 is 10.6. The number of aliphatic carboxylic acids is 1. The van der Waals surface area contributed by atoms with Gasteiger partial charge in [-0.25, -0.2) is 4.79 Å². The maximum absolute atomic E-state index is 12.7. The number of ether oxygens (including phenoxy) is 2. The average Bonchev–Trinajstić information content (AvgIpc) is 3.02. The van der Waals surface area contributed by atoms with Crippen LogP contribution in [0.2, 0.25) is 0 Å². The number of carbonyl (C=O) groups is 3. The third-order valence-electron chi connectivity index (χ3n) is 4.47. The quantitative estimate of drug-likeness (QED) is 0.357. The van der Waals surface area contributed by atoms with Gasteiger partial charge < -0.3 is 14.6 Å². The molecule has 0 unspecified atom stereocenters. The monoisotopic (exact) mass is 458 g/mol. The van der Waals surface area contributed by atoms with E-state index in [1.165, 1.54) is 44.4 Å². The molecule has 10 nitrogen and oxygen atoms in total. The molecule has 0 spiro atoms. The van der Waals surface area contributed by atoms with Crippen molar-refractivity contribution in [1.82, 2.24) is 4.90 Å². The number of benzene rings is 2. The molecule has 32 heavy (non-hydrogen) atoms. The Bertz CT molecular complexity index is 1130. The molecule has 0 saturated carbocycles. The van der Waals surface area contributed by atoms with Crippen molar-refractivity contribution in [1.29, 1.82) is 0 Å². The van der Waals surface area contributed by atoms with Crippen molar-refractivity contribution in [3.8, 4) is 11.5 Å². The first-order valence-corrected chi connectivity index (χ1v) is 10.1. The van der Waals surface area contributed by atoms with Gasteiger partial charge in [0, 0.05) is 12.1 Å². The number of hydrogen-bond acceptors (Lipinski definition) is 8. The second kappa shape index (κ2) is 9.52. The summed E-state index contributed by atoms with van der Waals surface area (Å²) in [4.78, 5) is 47.7. The molecule has 0 aromatic heterocycles. The highest BCUT2D eigenvalue weighted by atomic mass is 32.2. The van der Waals surface area contributed by atoms with E-state index in [0.717, 1.165) is 16.7 Å². The number of nitro groups is 1. The molecular formula is C21H18N2O8S. The molecule has 1 aliphatic heterocycles. The number of carboxylic acids is 1. The van der Waals surface area contributed by atoms with E-state index in [9.17, 15) is 24.5 Å². The molecule has 2 aromatic carbocycles. The van der Waals surface area contributed by atoms with Crippen molar-refractivity contribution in [2.24, 2.45) is 0 Å². The minimum absolute atomic E-state index is 0.0904. The van der Waals surface area contributed by atoms with E-state index >= 15 is 0 Å². The Balaban J connectivity index is 1.80. The lowest BCUT2D eigenvalue weighted by molar-refractivity contribution is -0.384. The number of methoxy groups -OCH3 is 1. The number of nitro benzene ring substituents is 1. The van der Waals surface area contributed by atoms with E-state index < -0.39 is 28.1 Å². The summed E-state index contributed by atoms with van der Waals surface area (Å²) in [5.41, 5.74) is 0.869. The molecule has 11 heteroatoms. The molecule has 3 rings (SSSR count). The topological polar surface area (TPSA) is 136 Å². The number of amides is 2. The van der Waals surface area contributed by atoms with Gasteiger partial charge in [0.05, 0.1) is 23.5 Å². The number of nitrogens with zero attached hydrogens (tertiary/aromatic N) is 2. The van der Waals surface area contributed by atoms with Gasteiger partial charge in [-0.2, -0.15) is 0 Å². The molecule has 1 aliphatic rings. The van der Waals surface area contributed by atoms with Crippen LogP contribution in [-0.2, 0) is 16.1 Å². The van der Waals surface area contributed by atoms with E-state index in [1.54, 1.807) is 18.2 Å². The van der Waals surface area contributed by atoms with Crippen LogP contribution in [0.25, 0.3) is 6.08 Å². The largest absolute Gasteiger partial charge is 0.493 e. The first kappa shape index (κ1) is 22.8. The van der Waals surface area contributed by atoms with Crippen LogP contribution < -0.4 is 9.47 Å². The summed E-state index contributed by atoms with van der Waals surface area (Å²) in [6.07, 6.45) is 0.422. The van der Waals surface area contributed by atoms with Crippen LogP contribution >= 0.6 is 11.8 Å². The zero-order valence-corrected chi connectivity index (χ0v) is 17.8. The molecule has 2 amide bonds. The summed E-state index contributed by atoms with van der Waals surface area (Å²) in [7, 11) is 1.39. The van der Waals surface area contributed by atoms with Crippen LogP contribution in [0.1, 0.15) is 18.1 Å². The van der Waals surface area contributed by atoms with E-state index in [4.69, 9.17) is 14.6 Å². The maximum atomic E-state index is 12.7. The molecule has 1 saturated heterocycles. The molecule has 166 valence electrons. The third kappa shape index (κ3) is 5.06. The Hall–Kier alpha value is -3.86. The Morgan fingerprint density at radius 1 is 1.25 bits per heavy atom. The highest BCUT2D eigenvalue weighted by molar-refractivity contribution is 8.18. The van der Waals surface area contributed by atoms with Crippen LogP contribution in [0.4, 0.5) is 10.5 Å². The fourth-order valence-corrected chi connectivity index (χ4v) is 3.69. The van der Waals surface area contributed by atoms with Crippen molar-refractivity contribution in [3.63, 3.8) is 0 Å². The van der Waals surface area contributed by atoms with E-state index in [-0.39, 0.29) is 28.6 Å². The van der Waals surface area contributed by atoms with Crippen LogP contribution in [0.5, 0.6) is 11.5 Å². The van der Waals surface area contributed by atoms with Crippen molar-refractivity contribution in [2.45, 2.75) is 19.6 Å². The molecule has 1 N–H and O–H groups in total. The smallest absolute Gasteiger partial charge is 0.344 e. The molecule has 2 aromatic rings. The lowest BCUT2D eigenvalue weighted by Gasteiger charge is -2.14. The standard InChI is InChI=1S/C21H18N2O8S/c1-12(20(25)26)31-16-7-6-13(9-17(16)30-2)10-18-19(24)22(21(27)32-18)11-14-4-3-5-15(8-14)23(28)29/h3-10,12H,11H2,1-2H3,(H,25,26)/b18-10-/t12-/m1/s1. The highest BCUT2D eigenvalue weighted by Gasteiger charge is 2.35. The Morgan fingerprint density at radius 3 is 2.66 bits per heavy atom. The minimum Gasteiger partial charge on any atom is -0.493 e. The predicted molar refractivity (Wildman–Crippen MR) is 115 cm³/mol. The number of carboxylic acid groups (broad SMARTS) is 1. The lowest BCUT2D eigenvalue weighted by Crippen LogP contribution is -2.27. The van der Waals surface area contributed by atoms with Gasteiger partial charge in [0.15, 0.2) is 17.6 Å². The molecule has 1 heterocycles.